The lowest BCUT2D eigenvalue weighted by Gasteiger charge is -2.33. The third kappa shape index (κ3) is 6.79. The molecule has 0 spiro atoms. The Morgan fingerprint density at radius 1 is 1.11 bits per heavy atom. The minimum absolute atomic E-state index is 0. The van der Waals surface area contributed by atoms with E-state index in [-0.39, 0.29) is 24.2 Å². The highest BCUT2D eigenvalue weighted by Crippen LogP contribution is 2.16. The molecule has 0 saturated carbocycles. The summed E-state index contributed by atoms with van der Waals surface area (Å²) in [4.78, 5) is 28.8. The summed E-state index contributed by atoms with van der Waals surface area (Å²) in [6.07, 6.45) is 2.87. The zero-order valence-electron chi connectivity index (χ0n) is 15.9. The van der Waals surface area contributed by atoms with E-state index < -0.39 is 0 Å². The molecule has 27 heavy (non-hydrogen) atoms. The van der Waals surface area contributed by atoms with Crippen molar-refractivity contribution < 1.29 is 9.59 Å². The molecule has 0 aliphatic carbocycles. The van der Waals surface area contributed by atoms with Crippen LogP contribution in [0.25, 0.3) is 0 Å². The first-order chi connectivity index (χ1) is 12.7. The Bertz CT molecular complexity index is 593. The second-order valence-electron chi connectivity index (χ2n) is 7.27. The van der Waals surface area contributed by atoms with Crippen LogP contribution in [0, 0.1) is 5.92 Å². The Morgan fingerprint density at radius 2 is 1.85 bits per heavy atom. The first kappa shape index (κ1) is 21.7. The fourth-order valence-electron chi connectivity index (χ4n) is 3.78. The van der Waals surface area contributed by atoms with Crippen LogP contribution in [0.5, 0.6) is 0 Å². The number of amides is 2. The lowest BCUT2D eigenvalue weighted by atomic mass is 9.97. The van der Waals surface area contributed by atoms with E-state index in [9.17, 15) is 9.59 Å². The molecule has 2 fully saturated rings. The van der Waals surface area contributed by atoms with E-state index >= 15 is 0 Å². The number of carbonyl (C=O) groups is 2. The van der Waals surface area contributed by atoms with Crippen LogP contribution in [-0.2, 0) is 4.79 Å². The van der Waals surface area contributed by atoms with Crippen LogP contribution in [0.4, 0.5) is 0 Å². The van der Waals surface area contributed by atoms with Crippen LogP contribution in [0.1, 0.15) is 29.6 Å². The zero-order valence-corrected chi connectivity index (χ0v) is 16.7. The van der Waals surface area contributed by atoms with Crippen molar-refractivity contribution in [2.45, 2.75) is 19.3 Å². The van der Waals surface area contributed by atoms with Crippen LogP contribution >= 0.6 is 12.4 Å². The Kier molecular flexibility index (Phi) is 9.04. The van der Waals surface area contributed by atoms with Crippen molar-refractivity contribution in [2.24, 2.45) is 5.92 Å². The maximum atomic E-state index is 12.3. The molecule has 2 aliphatic rings. The Morgan fingerprint density at radius 3 is 2.59 bits per heavy atom. The fraction of sp³-hybridized carbons (Fsp3) is 0.600. The number of piperazine rings is 1. The Hall–Kier alpha value is -1.63. The van der Waals surface area contributed by atoms with Crippen LogP contribution in [-0.4, -0.2) is 74.0 Å². The molecule has 2 saturated heterocycles. The molecule has 0 aromatic heterocycles. The summed E-state index contributed by atoms with van der Waals surface area (Å²) in [6.45, 7) is 7.00. The minimum atomic E-state index is -0.00314. The third-order valence-corrected chi connectivity index (χ3v) is 5.30. The Labute approximate surface area is 168 Å². The number of piperidine rings is 1. The van der Waals surface area contributed by atoms with Crippen molar-refractivity contribution in [1.29, 1.82) is 0 Å². The number of nitrogens with one attached hydrogen (secondary N) is 2. The van der Waals surface area contributed by atoms with Crippen molar-refractivity contribution >= 4 is 24.2 Å². The molecule has 6 nitrogen and oxygen atoms in total. The quantitative estimate of drug-likeness (QED) is 0.765. The smallest absolute Gasteiger partial charge is 0.251 e. The molecule has 3 rings (SSSR count). The molecular weight excluding hydrogens is 364 g/mol. The van der Waals surface area contributed by atoms with Crippen LogP contribution < -0.4 is 10.6 Å². The molecule has 0 bridgehead atoms. The van der Waals surface area contributed by atoms with Crippen LogP contribution in [0.2, 0.25) is 0 Å². The van der Waals surface area contributed by atoms with Crippen LogP contribution in [0.15, 0.2) is 30.3 Å². The van der Waals surface area contributed by atoms with Gasteiger partial charge in [-0.25, -0.2) is 0 Å². The lowest BCUT2D eigenvalue weighted by molar-refractivity contribution is -0.132. The predicted molar refractivity (Wildman–Crippen MR) is 109 cm³/mol. The number of nitrogens with zero attached hydrogens (tertiary/aromatic N) is 2. The third-order valence-electron chi connectivity index (χ3n) is 5.30. The molecule has 1 aromatic rings. The number of hydrogen-bond acceptors (Lipinski definition) is 4. The number of likely N-dealkylation sites (tertiary alicyclic amines) is 1. The summed E-state index contributed by atoms with van der Waals surface area (Å²) in [7, 11) is 0. The van der Waals surface area contributed by atoms with E-state index in [1.54, 1.807) is 0 Å². The topological polar surface area (TPSA) is 64.7 Å². The molecule has 1 atom stereocenters. The average molecular weight is 395 g/mol. The highest BCUT2D eigenvalue weighted by atomic mass is 35.5. The standard InChI is InChI=1S/C20H30N4O2.ClH/c25-19(24-13-9-21-10-14-24)8-12-23-11-4-5-17(16-23)15-22-20(26)18-6-2-1-3-7-18;/h1-3,6-7,17,21H,4-5,8-16H2,(H,22,26);1H. The molecule has 2 heterocycles. The molecular formula is C20H31ClN4O2. The van der Waals surface area contributed by atoms with Gasteiger partial charge in [0.25, 0.3) is 5.91 Å². The highest BCUT2D eigenvalue weighted by molar-refractivity contribution is 5.94. The maximum absolute atomic E-state index is 12.3. The van der Waals surface area contributed by atoms with Crippen molar-refractivity contribution in [3.63, 3.8) is 0 Å². The van der Waals surface area contributed by atoms with E-state index in [2.05, 4.69) is 15.5 Å². The molecule has 0 radical (unpaired) electrons. The van der Waals surface area contributed by atoms with Gasteiger partial charge in [-0.1, -0.05) is 18.2 Å². The second-order valence-corrected chi connectivity index (χ2v) is 7.27. The first-order valence-electron chi connectivity index (χ1n) is 9.76. The number of hydrogen-bond donors (Lipinski definition) is 2. The second kappa shape index (κ2) is 11.3. The summed E-state index contributed by atoms with van der Waals surface area (Å²) in [5, 5.41) is 6.34. The summed E-state index contributed by atoms with van der Waals surface area (Å²) < 4.78 is 0. The van der Waals surface area contributed by atoms with E-state index in [4.69, 9.17) is 0 Å². The van der Waals surface area contributed by atoms with E-state index in [1.165, 1.54) is 0 Å². The normalized spacial score (nSPS) is 20.6. The van der Waals surface area contributed by atoms with E-state index in [0.29, 0.717) is 24.4 Å². The number of halogens is 1. The van der Waals surface area contributed by atoms with Crippen molar-refractivity contribution in [3.8, 4) is 0 Å². The summed E-state index contributed by atoms with van der Waals surface area (Å²) >= 11 is 0. The highest BCUT2D eigenvalue weighted by Gasteiger charge is 2.22. The van der Waals surface area contributed by atoms with Gasteiger partial charge in [-0.05, 0) is 37.4 Å². The van der Waals surface area contributed by atoms with E-state index in [1.807, 2.05) is 35.2 Å². The van der Waals surface area contributed by atoms with Crippen molar-refractivity contribution in [3.05, 3.63) is 35.9 Å². The van der Waals surface area contributed by atoms with Gasteiger partial charge in [-0.3, -0.25) is 9.59 Å². The van der Waals surface area contributed by atoms with Gasteiger partial charge in [0.1, 0.15) is 0 Å². The fourth-order valence-corrected chi connectivity index (χ4v) is 3.78. The van der Waals surface area contributed by atoms with Gasteiger partial charge in [0, 0.05) is 57.8 Å². The van der Waals surface area contributed by atoms with E-state index in [0.717, 1.165) is 58.7 Å². The van der Waals surface area contributed by atoms with Gasteiger partial charge in [0.05, 0.1) is 0 Å². The molecule has 150 valence electrons. The summed E-state index contributed by atoms with van der Waals surface area (Å²) in [5.41, 5.74) is 0.710. The molecule has 1 unspecified atom stereocenters. The van der Waals surface area contributed by atoms with Gasteiger partial charge in [-0.15, -0.1) is 12.4 Å². The predicted octanol–water partition coefficient (Wildman–Crippen LogP) is 1.37. The maximum Gasteiger partial charge on any atom is 0.251 e. The van der Waals surface area contributed by atoms with Gasteiger partial charge < -0.3 is 20.4 Å². The number of carbonyl (C=O) groups excluding carboxylic acids is 2. The van der Waals surface area contributed by atoms with Crippen molar-refractivity contribution in [2.75, 3.05) is 52.4 Å². The first-order valence-corrected chi connectivity index (χ1v) is 9.76. The number of benzene rings is 1. The molecule has 2 N–H and O–H groups in total. The molecule has 7 heteroatoms. The van der Waals surface area contributed by atoms with Gasteiger partial charge in [-0.2, -0.15) is 0 Å². The molecule has 1 aromatic carbocycles. The molecule has 2 amide bonds. The largest absolute Gasteiger partial charge is 0.352 e. The summed E-state index contributed by atoms with van der Waals surface area (Å²) in [6, 6.07) is 9.35. The average Bonchev–Trinajstić information content (AvgIpc) is 2.72. The van der Waals surface area contributed by atoms with Crippen molar-refractivity contribution in [1.82, 2.24) is 20.4 Å². The Balaban J connectivity index is 0.00000261. The van der Waals surface area contributed by atoms with Crippen LogP contribution in [0.3, 0.4) is 0 Å². The zero-order chi connectivity index (χ0) is 18.2. The lowest BCUT2D eigenvalue weighted by Crippen LogP contribution is -2.47. The number of rotatable bonds is 6. The van der Waals surface area contributed by atoms with Gasteiger partial charge in [0.2, 0.25) is 5.91 Å². The van der Waals surface area contributed by atoms with Gasteiger partial charge in [0.15, 0.2) is 0 Å². The minimum Gasteiger partial charge on any atom is -0.352 e. The SMILES string of the molecule is Cl.O=C(NCC1CCCN(CCC(=O)N2CCNCC2)C1)c1ccccc1. The monoisotopic (exact) mass is 394 g/mol. The van der Waals surface area contributed by atoms with Gasteiger partial charge >= 0.3 is 0 Å². The summed E-state index contributed by atoms with van der Waals surface area (Å²) in [5.74, 6) is 0.730. The molecule has 2 aliphatic heterocycles.